The number of aromatic nitrogens is 1. The van der Waals surface area contributed by atoms with E-state index in [2.05, 4.69) is 5.16 Å². The van der Waals surface area contributed by atoms with Crippen LogP contribution < -0.4 is 0 Å². The van der Waals surface area contributed by atoms with Crippen LogP contribution in [0.25, 0.3) is 10.1 Å². The molecule has 1 fully saturated rings. The second kappa shape index (κ2) is 7.77. The van der Waals surface area contributed by atoms with Gasteiger partial charge in [0.1, 0.15) is 10.6 Å². The highest BCUT2D eigenvalue weighted by molar-refractivity contribution is 7.89. The van der Waals surface area contributed by atoms with Crippen LogP contribution in [0.2, 0.25) is 0 Å². The number of hydrogen-bond donors (Lipinski definition) is 0. The minimum Gasteiger partial charge on any atom is -0.371 e. The summed E-state index contributed by atoms with van der Waals surface area (Å²) in [5.74, 6) is 0.139. The normalized spacial score (nSPS) is 18.1. The summed E-state index contributed by atoms with van der Waals surface area (Å²) >= 11 is 1.40. The molecular formula is C20H23N3O5S2. The number of benzene rings is 1. The number of nitrogens with zero attached hydrogens (tertiary/aromatic N) is 3. The van der Waals surface area contributed by atoms with Gasteiger partial charge in [0.25, 0.3) is 5.91 Å². The summed E-state index contributed by atoms with van der Waals surface area (Å²) < 4.78 is 40.0. The molecule has 10 heteroatoms. The van der Waals surface area contributed by atoms with Gasteiger partial charge in [0.15, 0.2) is 5.76 Å². The van der Waals surface area contributed by atoms with Crippen LogP contribution in [0.5, 0.6) is 0 Å². The molecular weight excluding hydrogens is 426 g/mol. The number of rotatable bonds is 4. The first-order chi connectivity index (χ1) is 14.2. The molecule has 30 heavy (non-hydrogen) atoms. The number of thiophene rings is 1. The molecule has 1 saturated heterocycles. The highest BCUT2D eigenvalue weighted by Gasteiger charge is 2.37. The average molecular weight is 450 g/mol. The molecule has 0 radical (unpaired) electrons. The molecule has 1 amide bonds. The van der Waals surface area contributed by atoms with Crippen molar-refractivity contribution in [2.75, 3.05) is 33.8 Å². The van der Waals surface area contributed by atoms with Crippen LogP contribution in [0.4, 0.5) is 0 Å². The van der Waals surface area contributed by atoms with Crippen molar-refractivity contribution in [1.82, 2.24) is 14.4 Å². The Kier molecular flexibility index (Phi) is 5.43. The topological polar surface area (TPSA) is 93.0 Å². The molecule has 3 aromatic rings. The zero-order valence-electron chi connectivity index (χ0n) is 17.2. The van der Waals surface area contributed by atoms with E-state index in [1.165, 1.54) is 20.5 Å². The molecule has 2 aromatic heterocycles. The van der Waals surface area contributed by atoms with E-state index in [0.29, 0.717) is 10.6 Å². The second-order valence-corrected chi connectivity index (χ2v) is 10.3. The summed E-state index contributed by atoms with van der Waals surface area (Å²) in [5, 5.41) is 4.69. The molecule has 0 N–H and O–H groups in total. The molecule has 3 heterocycles. The Labute approximate surface area is 179 Å². The van der Waals surface area contributed by atoms with E-state index in [1.54, 1.807) is 27.9 Å². The number of carbonyl (C=O) groups excluding carboxylic acids is 1. The van der Waals surface area contributed by atoms with Crippen LogP contribution in [-0.2, 0) is 14.8 Å². The molecule has 1 atom stereocenters. The second-order valence-electron chi connectivity index (χ2n) is 7.42. The lowest BCUT2D eigenvalue weighted by Crippen LogP contribution is -2.42. The summed E-state index contributed by atoms with van der Waals surface area (Å²) in [4.78, 5) is 15.1. The lowest BCUT2D eigenvalue weighted by molar-refractivity contribution is -0.00206. The Balaban J connectivity index is 1.76. The van der Waals surface area contributed by atoms with E-state index >= 15 is 0 Å². The van der Waals surface area contributed by atoms with Crippen LogP contribution in [0, 0.1) is 13.8 Å². The Morgan fingerprint density at radius 2 is 2.00 bits per heavy atom. The first-order valence-corrected chi connectivity index (χ1v) is 11.7. The van der Waals surface area contributed by atoms with E-state index in [1.807, 2.05) is 24.3 Å². The lowest BCUT2D eigenvalue weighted by atomic mass is 10.0. The number of carbonyl (C=O) groups is 1. The molecule has 0 bridgehead atoms. The van der Waals surface area contributed by atoms with Gasteiger partial charge in [0, 0.05) is 37.4 Å². The Morgan fingerprint density at radius 1 is 1.27 bits per heavy atom. The molecule has 0 spiro atoms. The summed E-state index contributed by atoms with van der Waals surface area (Å²) in [6.45, 7) is 3.77. The minimum atomic E-state index is -3.80. The lowest BCUT2D eigenvalue weighted by Gasteiger charge is -2.32. The van der Waals surface area contributed by atoms with Crippen molar-refractivity contribution in [2.24, 2.45) is 0 Å². The van der Waals surface area contributed by atoms with Gasteiger partial charge >= 0.3 is 0 Å². The van der Waals surface area contributed by atoms with Crippen molar-refractivity contribution in [3.63, 3.8) is 0 Å². The SMILES string of the molecule is Cc1noc(C)c1S(=O)(=O)N1CCOC(c2c(C(=O)N(C)C)sc3ccccc23)C1. The number of fused-ring (bicyclic) bond motifs is 1. The number of hydrogen-bond acceptors (Lipinski definition) is 7. The number of amides is 1. The molecule has 160 valence electrons. The van der Waals surface area contributed by atoms with Gasteiger partial charge in [0.05, 0.1) is 17.6 Å². The van der Waals surface area contributed by atoms with Gasteiger partial charge in [-0.15, -0.1) is 11.3 Å². The highest BCUT2D eigenvalue weighted by Crippen LogP contribution is 2.39. The highest BCUT2D eigenvalue weighted by atomic mass is 32.2. The quantitative estimate of drug-likeness (QED) is 0.608. The van der Waals surface area contributed by atoms with Gasteiger partial charge < -0.3 is 14.2 Å². The number of morpholine rings is 1. The fraction of sp³-hybridized carbons (Fsp3) is 0.400. The van der Waals surface area contributed by atoms with E-state index in [9.17, 15) is 13.2 Å². The summed E-state index contributed by atoms with van der Waals surface area (Å²) in [6.07, 6.45) is -0.552. The van der Waals surface area contributed by atoms with Gasteiger partial charge in [-0.3, -0.25) is 4.79 Å². The third kappa shape index (κ3) is 3.43. The minimum absolute atomic E-state index is 0.0999. The first kappa shape index (κ1) is 21.0. The van der Waals surface area contributed by atoms with Crippen molar-refractivity contribution in [3.8, 4) is 0 Å². The largest absolute Gasteiger partial charge is 0.371 e. The Hall–Kier alpha value is -2.27. The van der Waals surface area contributed by atoms with Gasteiger partial charge in [-0.25, -0.2) is 8.42 Å². The zero-order chi connectivity index (χ0) is 21.6. The number of aryl methyl sites for hydroxylation is 2. The van der Waals surface area contributed by atoms with Crippen LogP contribution in [0.15, 0.2) is 33.7 Å². The third-order valence-corrected chi connectivity index (χ3v) is 8.44. The third-order valence-electron chi connectivity index (χ3n) is 5.15. The predicted molar refractivity (Wildman–Crippen MR) is 113 cm³/mol. The van der Waals surface area contributed by atoms with Gasteiger partial charge in [0.2, 0.25) is 10.0 Å². The molecule has 0 aliphatic carbocycles. The van der Waals surface area contributed by atoms with Crippen LogP contribution in [0.3, 0.4) is 0 Å². The molecule has 4 rings (SSSR count). The van der Waals surface area contributed by atoms with Crippen molar-refractivity contribution in [3.05, 3.63) is 46.2 Å². The van der Waals surface area contributed by atoms with E-state index in [4.69, 9.17) is 9.26 Å². The average Bonchev–Trinajstić information content (AvgIpc) is 3.27. The predicted octanol–water partition coefficient (Wildman–Crippen LogP) is 2.97. The smallest absolute Gasteiger partial charge is 0.263 e. The molecule has 1 aromatic carbocycles. The maximum Gasteiger partial charge on any atom is 0.263 e. The van der Waals surface area contributed by atoms with Gasteiger partial charge in [-0.1, -0.05) is 23.4 Å². The van der Waals surface area contributed by atoms with Crippen LogP contribution >= 0.6 is 11.3 Å². The standard InChI is InChI=1S/C20H23N3O5S2/c1-12-19(13(2)28-21-12)30(25,26)23-9-10-27-15(11-23)17-14-7-5-6-8-16(14)29-18(17)20(24)22(3)4/h5-8,15H,9-11H2,1-4H3. The summed E-state index contributed by atoms with van der Waals surface area (Å²) in [6, 6.07) is 7.72. The molecule has 1 aliphatic rings. The maximum absolute atomic E-state index is 13.3. The monoisotopic (exact) mass is 449 g/mol. The fourth-order valence-corrected chi connectivity index (χ4v) is 6.73. The maximum atomic E-state index is 13.3. The van der Waals surface area contributed by atoms with E-state index in [0.717, 1.165) is 15.6 Å². The number of ether oxygens (including phenoxy) is 1. The molecule has 1 aliphatic heterocycles. The zero-order valence-corrected chi connectivity index (χ0v) is 18.8. The van der Waals surface area contributed by atoms with Crippen molar-refractivity contribution in [1.29, 1.82) is 0 Å². The Morgan fingerprint density at radius 3 is 2.67 bits per heavy atom. The van der Waals surface area contributed by atoms with E-state index < -0.39 is 16.1 Å². The summed E-state index contributed by atoms with van der Waals surface area (Å²) in [7, 11) is -0.400. The fourth-order valence-electron chi connectivity index (χ4n) is 3.74. The first-order valence-electron chi connectivity index (χ1n) is 9.49. The van der Waals surface area contributed by atoms with E-state index in [-0.39, 0.29) is 36.3 Å². The molecule has 0 saturated carbocycles. The van der Waals surface area contributed by atoms with Crippen molar-refractivity contribution >= 4 is 37.4 Å². The van der Waals surface area contributed by atoms with Crippen LogP contribution in [-0.4, -0.2) is 62.5 Å². The van der Waals surface area contributed by atoms with Gasteiger partial charge in [-0.05, 0) is 25.3 Å². The molecule has 8 nitrogen and oxygen atoms in total. The molecule has 1 unspecified atom stereocenters. The van der Waals surface area contributed by atoms with Gasteiger partial charge in [-0.2, -0.15) is 4.31 Å². The Bertz CT molecular complexity index is 1190. The van der Waals surface area contributed by atoms with Crippen molar-refractivity contribution in [2.45, 2.75) is 24.8 Å². The summed E-state index contributed by atoms with van der Waals surface area (Å²) in [5.41, 5.74) is 1.08. The van der Waals surface area contributed by atoms with Crippen molar-refractivity contribution < 1.29 is 22.5 Å². The number of sulfonamides is 1. The van der Waals surface area contributed by atoms with Crippen LogP contribution in [0.1, 0.15) is 32.8 Å².